The van der Waals surface area contributed by atoms with Crippen molar-refractivity contribution in [2.45, 2.75) is 0 Å². The summed E-state index contributed by atoms with van der Waals surface area (Å²) in [5.74, 6) is -0.712. The van der Waals surface area contributed by atoms with Crippen LogP contribution in [0.1, 0.15) is 0 Å². The highest BCUT2D eigenvalue weighted by atomic mass is 35.5. The Bertz CT molecular complexity index is 766. The lowest BCUT2D eigenvalue weighted by Crippen LogP contribution is -2.14. The number of benzene rings is 2. The van der Waals surface area contributed by atoms with Crippen LogP contribution in [-0.2, 0) is 4.79 Å². The van der Waals surface area contributed by atoms with Crippen molar-refractivity contribution in [1.29, 1.82) is 5.26 Å². The lowest BCUT2D eigenvalue weighted by atomic mass is 10.2. The van der Waals surface area contributed by atoms with Crippen LogP contribution < -0.4 is 10.6 Å². The maximum Gasteiger partial charge on any atom is 0.267 e. The number of hydrogen-bond donors (Lipinski definition) is 3. The highest BCUT2D eigenvalue weighted by molar-refractivity contribution is 6.33. The zero-order valence-electron chi connectivity index (χ0n) is 11.4. The van der Waals surface area contributed by atoms with Crippen LogP contribution in [0.4, 0.5) is 11.4 Å². The molecule has 0 saturated heterocycles. The third-order valence-corrected chi connectivity index (χ3v) is 3.09. The Hall–Kier alpha value is -2.97. The van der Waals surface area contributed by atoms with Gasteiger partial charge in [0.25, 0.3) is 5.91 Å². The van der Waals surface area contributed by atoms with Crippen molar-refractivity contribution in [3.05, 3.63) is 65.3 Å². The first-order chi connectivity index (χ1) is 10.6. The molecule has 22 heavy (non-hydrogen) atoms. The van der Waals surface area contributed by atoms with Gasteiger partial charge >= 0.3 is 0 Å². The number of carbonyl (C=O) groups is 1. The number of halogens is 1. The molecule has 5 nitrogen and oxygen atoms in total. The molecule has 0 spiro atoms. The maximum atomic E-state index is 12.0. The van der Waals surface area contributed by atoms with Gasteiger partial charge < -0.3 is 15.7 Å². The Kier molecular flexibility index (Phi) is 5.02. The second-order valence-corrected chi connectivity index (χ2v) is 4.67. The van der Waals surface area contributed by atoms with E-state index in [1.165, 1.54) is 18.3 Å². The fourth-order valence-electron chi connectivity index (χ4n) is 1.65. The molecule has 6 heteroatoms. The van der Waals surface area contributed by atoms with Crippen LogP contribution >= 0.6 is 11.6 Å². The predicted octanol–water partition coefficient (Wildman–Crippen LogP) is 3.50. The number of para-hydroxylation sites is 3. The van der Waals surface area contributed by atoms with Crippen LogP contribution in [0, 0.1) is 11.3 Å². The molecule has 0 bridgehead atoms. The molecule has 0 atom stereocenters. The molecular weight excluding hydrogens is 302 g/mol. The highest BCUT2D eigenvalue weighted by Crippen LogP contribution is 2.23. The Morgan fingerprint density at radius 3 is 2.41 bits per heavy atom. The Labute approximate surface area is 132 Å². The van der Waals surface area contributed by atoms with Gasteiger partial charge in [-0.15, -0.1) is 0 Å². The second-order valence-electron chi connectivity index (χ2n) is 4.27. The number of phenolic OH excluding ortho intramolecular Hbond substituents is 1. The molecule has 3 N–H and O–H groups in total. The number of aromatic hydroxyl groups is 1. The minimum absolute atomic E-state index is 0.0767. The van der Waals surface area contributed by atoms with E-state index < -0.39 is 5.91 Å². The number of carbonyl (C=O) groups excluding carboxylic acids is 1. The number of rotatable bonds is 4. The average molecular weight is 314 g/mol. The highest BCUT2D eigenvalue weighted by Gasteiger charge is 2.11. The van der Waals surface area contributed by atoms with E-state index in [0.717, 1.165) is 0 Å². The zero-order chi connectivity index (χ0) is 15.9. The number of hydrogen-bond acceptors (Lipinski definition) is 4. The van der Waals surface area contributed by atoms with E-state index in [4.69, 9.17) is 16.9 Å². The number of nitriles is 1. The van der Waals surface area contributed by atoms with Crippen molar-refractivity contribution in [3.8, 4) is 11.8 Å². The van der Waals surface area contributed by atoms with Crippen molar-refractivity contribution in [3.63, 3.8) is 0 Å². The molecule has 0 unspecified atom stereocenters. The Morgan fingerprint density at radius 1 is 1.14 bits per heavy atom. The quantitative estimate of drug-likeness (QED) is 0.458. The largest absolute Gasteiger partial charge is 0.506 e. The van der Waals surface area contributed by atoms with Gasteiger partial charge in [0, 0.05) is 6.20 Å². The molecular formula is C16H12ClN3O2. The first-order valence-electron chi connectivity index (χ1n) is 6.32. The summed E-state index contributed by atoms with van der Waals surface area (Å²) in [6.07, 6.45) is 1.26. The first kappa shape index (κ1) is 15.4. The van der Waals surface area contributed by atoms with Gasteiger partial charge in [0.05, 0.1) is 16.4 Å². The number of nitrogens with one attached hydrogen (secondary N) is 2. The summed E-state index contributed by atoms with van der Waals surface area (Å²) in [4.78, 5) is 12.0. The molecule has 0 aliphatic heterocycles. The topological polar surface area (TPSA) is 85.2 Å². The Balaban J connectivity index is 2.13. The van der Waals surface area contributed by atoms with Crippen molar-refractivity contribution >= 4 is 28.9 Å². The van der Waals surface area contributed by atoms with Gasteiger partial charge in [-0.2, -0.15) is 5.26 Å². The van der Waals surface area contributed by atoms with Gasteiger partial charge in [0.15, 0.2) is 0 Å². The van der Waals surface area contributed by atoms with Crippen LogP contribution in [0.15, 0.2) is 60.3 Å². The summed E-state index contributed by atoms with van der Waals surface area (Å²) in [5.41, 5.74) is 0.654. The van der Waals surface area contributed by atoms with E-state index in [1.54, 1.807) is 42.5 Å². The normalized spacial score (nSPS) is 10.6. The second kappa shape index (κ2) is 7.16. The van der Waals surface area contributed by atoms with Gasteiger partial charge in [-0.05, 0) is 24.3 Å². The summed E-state index contributed by atoms with van der Waals surface area (Å²) in [6, 6.07) is 15.0. The third kappa shape index (κ3) is 3.78. The summed E-state index contributed by atoms with van der Waals surface area (Å²) < 4.78 is 0. The van der Waals surface area contributed by atoms with Gasteiger partial charge in [-0.1, -0.05) is 35.9 Å². The van der Waals surface area contributed by atoms with Gasteiger partial charge in [0.1, 0.15) is 17.4 Å². The van der Waals surface area contributed by atoms with E-state index in [-0.39, 0.29) is 17.0 Å². The minimum atomic E-state index is -0.636. The molecule has 2 aromatic carbocycles. The summed E-state index contributed by atoms with van der Waals surface area (Å²) in [6.45, 7) is 0. The molecule has 0 heterocycles. The first-order valence-corrected chi connectivity index (χ1v) is 6.70. The van der Waals surface area contributed by atoms with E-state index >= 15 is 0 Å². The van der Waals surface area contributed by atoms with Crippen molar-refractivity contribution in [2.24, 2.45) is 0 Å². The smallest absolute Gasteiger partial charge is 0.267 e. The predicted molar refractivity (Wildman–Crippen MR) is 85.5 cm³/mol. The molecule has 0 fully saturated rings. The SMILES string of the molecule is N#C/C(=C/Nc1ccccc1Cl)C(=O)Nc1ccccc1O. The summed E-state index contributed by atoms with van der Waals surface area (Å²) >= 11 is 5.97. The summed E-state index contributed by atoms with van der Waals surface area (Å²) in [5, 5.41) is 24.4. The molecule has 1 amide bonds. The van der Waals surface area contributed by atoms with Crippen LogP contribution in [0.3, 0.4) is 0 Å². The molecule has 2 rings (SSSR count). The van der Waals surface area contributed by atoms with E-state index in [1.807, 2.05) is 0 Å². The van der Waals surface area contributed by atoms with E-state index in [2.05, 4.69) is 10.6 Å². The van der Waals surface area contributed by atoms with Crippen molar-refractivity contribution < 1.29 is 9.90 Å². The maximum absolute atomic E-state index is 12.0. The van der Waals surface area contributed by atoms with Crippen LogP contribution in [0.25, 0.3) is 0 Å². The van der Waals surface area contributed by atoms with Crippen molar-refractivity contribution in [1.82, 2.24) is 0 Å². The van der Waals surface area contributed by atoms with Gasteiger partial charge in [0.2, 0.25) is 0 Å². The average Bonchev–Trinajstić information content (AvgIpc) is 2.52. The number of anilines is 2. The van der Waals surface area contributed by atoms with Crippen molar-refractivity contribution in [2.75, 3.05) is 10.6 Å². The van der Waals surface area contributed by atoms with Crippen LogP contribution in [0.5, 0.6) is 5.75 Å². The fraction of sp³-hybridized carbons (Fsp3) is 0. The zero-order valence-corrected chi connectivity index (χ0v) is 12.1. The molecule has 0 aliphatic carbocycles. The Morgan fingerprint density at radius 2 is 1.77 bits per heavy atom. The van der Waals surface area contributed by atoms with E-state index in [9.17, 15) is 9.90 Å². The molecule has 0 aromatic heterocycles. The summed E-state index contributed by atoms with van der Waals surface area (Å²) in [7, 11) is 0. The van der Waals surface area contributed by atoms with Gasteiger partial charge in [-0.3, -0.25) is 4.79 Å². The number of phenols is 1. The third-order valence-electron chi connectivity index (χ3n) is 2.76. The molecule has 0 aliphatic rings. The van der Waals surface area contributed by atoms with Crippen LogP contribution in [-0.4, -0.2) is 11.0 Å². The minimum Gasteiger partial charge on any atom is -0.506 e. The number of nitrogens with zero attached hydrogens (tertiary/aromatic N) is 1. The number of amides is 1. The molecule has 0 saturated carbocycles. The standard InChI is InChI=1S/C16H12ClN3O2/c17-12-5-1-2-6-13(12)19-10-11(9-18)16(22)20-14-7-3-4-8-15(14)21/h1-8,10,19,21H,(H,20,22)/b11-10-. The lowest BCUT2D eigenvalue weighted by Gasteiger charge is -2.07. The lowest BCUT2D eigenvalue weighted by molar-refractivity contribution is -0.112. The molecule has 110 valence electrons. The molecule has 0 radical (unpaired) electrons. The fourth-order valence-corrected chi connectivity index (χ4v) is 1.84. The monoisotopic (exact) mass is 313 g/mol. The van der Waals surface area contributed by atoms with Crippen LogP contribution in [0.2, 0.25) is 5.02 Å². The van der Waals surface area contributed by atoms with Gasteiger partial charge in [-0.25, -0.2) is 0 Å². The molecule has 2 aromatic rings. The van der Waals surface area contributed by atoms with E-state index in [0.29, 0.717) is 10.7 Å².